The van der Waals surface area contributed by atoms with Gasteiger partial charge in [-0.15, -0.1) is 0 Å². The van der Waals surface area contributed by atoms with Crippen molar-refractivity contribution >= 4 is 33.2 Å². The second kappa shape index (κ2) is 6.99. The van der Waals surface area contributed by atoms with E-state index < -0.39 is 0 Å². The molecule has 6 heteroatoms. The number of carbonyl (C=O) groups is 1. The molecule has 0 aliphatic carbocycles. The lowest BCUT2D eigenvalue weighted by molar-refractivity contribution is -0.118. The molecule has 0 radical (unpaired) electrons. The maximum atomic E-state index is 11.9. The summed E-state index contributed by atoms with van der Waals surface area (Å²) >= 11 is 3.36. The monoisotopic (exact) mass is 350 g/mol. The van der Waals surface area contributed by atoms with Crippen LogP contribution >= 0.6 is 15.9 Å². The summed E-state index contributed by atoms with van der Waals surface area (Å²) in [5.74, 6) is 0.735. The van der Waals surface area contributed by atoms with E-state index in [4.69, 9.17) is 15.2 Å². The molecule has 0 unspecified atom stereocenters. The van der Waals surface area contributed by atoms with Crippen LogP contribution in [-0.4, -0.2) is 19.6 Å². The average Bonchev–Trinajstić information content (AvgIpc) is 2.48. The number of benzene rings is 2. The van der Waals surface area contributed by atoms with Gasteiger partial charge in [0.25, 0.3) is 5.91 Å². The number of hydrogen-bond acceptors (Lipinski definition) is 4. The van der Waals surface area contributed by atoms with E-state index >= 15 is 0 Å². The highest BCUT2D eigenvalue weighted by Crippen LogP contribution is 2.34. The number of nitrogens with two attached hydrogens (primary N) is 1. The van der Waals surface area contributed by atoms with Crippen molar-refractivity contribution in [2.24, 2.45) is 0 Å². The third-order valence-electron chi connectivity index (χ3n) is 2.73. The first-order chi connectivity index (χ1) is 10.1. The molecule has 21 heavy (non-hydrogen) atoms. The highest BCUT2D eigenvalue weighted by Gasteiger charge is 2.11. The van der Waals surface area contributed by atoms with E-state index in [-0.39, 0.29) is 12.5 Å². The Morgan fingerprint density at radius 3 is 2.71 bits per heavy atom. The molecule has 3 N–H and O–H groups in total. The zero-order valence-electron chi connectivity index (χ0n) is 11.4. The lowest BCUT2D eigenvalue weighted by Gasteiger charge is -2.12. The molecule has 5 nitrogen and oxygen atoms in total. The molecule has 2 rings (SSSR count). The summed E-state index contributed by atoms with van der Waals surface area (Å²) in [6, 6.07) is 12.4. The molecule has 0 bridgehead atoms. The molecular weight excluding hydrogens is 336 g/mol. The highest BCUT2D eigenvalue weighted by molar-refractivity contribution is 9.10. The predicted octanol–water partition coefficient (Wildman–Crippen LogP) is 3.06. The van der Waals surface area contributed by atoms with Crippen molar-refractivity contribution in [1.29, 1.82) is 0 Å². The maximum Gasteiger partial charge on any atom is 0.262 e. The van der Waals surface area contributed by atoms with Gasteiger partial charge in [-0.05, 0) is 40.2 Å². The van der Waals surface area contributed by atoms with Crippen molar-refractivity contribution in [1.82, 2.24) is 0 Å². The molecule has 110 valence electrons. The van der Waals surface area contributed by atoms with Crippen LogP contribution in [0.1, 0.15) is 0 Å². The fraction of sp³-hybridized carbons (Fsp3) is 0.133. The van der Waals surface area contributed by atoms with Gasteiger partial charge in [0.1, 0.15) is 0 Å². The number of nitrogen functional groups attached to an aromatic ring is 1. The van der Waals surface area contributed by atoms with Crippen LogP contribution in [0.3, 0.4) is 0 Å². The lowest BCUT2D eigenvalue weighted by Crippen LogP contribution is -2.21. The second-order valence-corrected chi connectivity index (χ2v) is 5.05. The molecule has 1 amide bonds. The Bertz CT molecular complexity index is 647. The normalized spacial score (nSPS) is 10.0. The zero-order valence-corrected chi connectivity index (χ0v) is 13.0. The molecule has 0 aliphatic rings. The van der Waals surface area contributed by atoms with Crippen molar-refractivity contribution < 1.29 is 14.3 Å². The summed E-state index contributed by atoms with van der Waals surface area (Å²) in [5.41, 5.74) is 6.83. The molecule has 0 atom stereocenters. The number of methoxy groups -OCH3 is 1. The van der Waals surface area contributed by atoms with Crippen LogP contribution in [0.15, 0.2) is 46.9 Å². The topological polar surface area (TPSA) is 73.6 Å². The molecule has 0 aromatic heterocycles. The minimum absolute atomic E-state index is 0.146. The molecular formula is C15H15BrN2O3. The fourth-order valence-corrected chi connectivity index (χ4v) is 2.19. The quantitative estimate of drug-likeness (QED) is 0.812. The molecule has 0 spiro atoms. The first-order valence-corrected chi connectivity index (χ1v) is 7.00. The van der Waals surface area contributed by atoms with Crippen molar-refractivity contribution in [2.45, 2.75) is 0 Å². The molecule has 0 saturated carbocycles. The Morgan fingerprint density at radius 1 is 1.24 bits per heavy atom. The van der Waals surface area contributed by atoms with Crippen LogP contribution in [0.25, 0.3) is 0 Å². The first kappa shape index (κ1) is 15.2. The van der Waals surface area contributed by atoms with E-state index in [0.29, 0.717) is 27.3 Å². The zero-order chi connectivity index (χ0) is 15.2. The third-order valence-corrected chi connectivity index (χ3v) is 3.36. The Kier molecular flexibility index (Phi) is 5.05. The van der Waals surface area contributed by atoms with E-state index in [9.17, 15) is 4.79 Å². The molecule has 0 fully saturated rings. The van der Waals surface area contributed by atoms with E-state index in [2.05, 4.69) is 21.2 Å². The van der Waals surface area contributed by atoms with Gasteiger partial charge in [0.15, 0.2) is 18.1 Å². The van der Waals surface area contributed by atoms with Crippen molar-refractivity contribution in [3.63, 3.8) is 0 Å². The number of halogens is 1. The summed E-state index contributed by atoms with van der Waals surface area (Å²) in [6.07, 6.45) is 0. The van der Waals surface area contributed by atoms with Crippen molar-refractivity contribution in [3.05, 3.63) is 46.9 Å². The number of carbonyl (C=O) groups excluding carboxylic acids is 1. The molecule has 0 heterocycles. The number of rotatable bonds is 5. The molecule has 2 aromatic carbocycles. The Balaban J connectivity index is 2.01. The van der Waals surface area contributed by atoms with E-state index in [1.165, 1.54) is 0 Å². The molecule has 0 aliphatic heterocycles. The summed E-state index contributed by atoms with van der Waals surface area (Å²) in [6.45, 7) is -0.146. The van der Waals surface area contributed by atoms with Gasteiger partial charge < -0.3 is 20.5 Å². The van der Waals surface area contributed by atoms with Crippen LogP contribution in [0.4, 0.5) is 11.4 Å². The van der Waals surface area contributed by atoms with Crippen LogP contribution in [0.2, 0.25) is 0 Å². The Morgan fingerprint density at radius 2 is 2.00 bits per heavy atom. The van der Waals surface area contributed by atoms with Gasteiger partial charge in [0.2, 0.25) is 0 Å². The Labute approximate surface area is 131 Å². The SMILES string of the molecule is COc1cccc(Br)c1OCC(=O)Nc1ccccc1N. The van der Waals surface area contributed by atoms with Crippen LogP contribution in [-0.2, 0) is 4.79 Å². The first-order valence-electron chi connectivity index (χ1n) is 6.21. The van der Waals surface area contributed by atoms with E-state index in [1.54, 1.807) is 37.4 Å². The number of amides is 1. The van der Waals surface area contributed by atoms with Crippen LogP contribution in [0.5, 0.6) is 11.5 Å². The van der Waals surface area contributed by atoms with Gasteiger partial charge in [0, 0.05) is 0 Å². The van der Waals surface area contributed by atoms with Crippen molar-refractivity contribution in [3.8, 4) is 11.5 Å². The summed E-state index contributed by atoms with van der Waals surface area (Å²) < 4.78 is 11.4. The summed E-state index contributed by atoms with van der Waals surface area (Å²) in [5, 5.41) is 2.69. The smallest absolute Gasteiger partial charge is 0.262 e. The van der Waals surface area contributed by atoms with Gasteiger partial charge in [-0.1, -0.05) is 18.2 Å². The average molecular weight is 351 g/mol. The Hall–Kier alpha value is -2.21. The highest BCUT2D eigenvalue weighted by atomic mass is 79.9. The van der Waals surface area contributed by atoms with Crippen molar-refractivity contribution in [2.75, 3.05) is 24.8 Å². The van der Waals surface area contributed by atoms with Crippen LogP contribution < -0.4 is 20.5 Å². The number of hydrogen-bond donors (Lipinski definition) is 2. The van der Waals surface area contributed by atoms with Gasteiger partial charge >= 0.3 is 0 Å². The van der Waals surface area contributed by atoms with Gasteiger partial charge in [-0.25, -0.2) is 0 Å². The predicted molar refractivity (Wildman–Crippen MR) is 85.7 cm³/mol. The van der Waals surface area contributed by atoms with Gasteiger partial charge in [-0.2, -0.15) is 0 Å². The number of para-hydroxylation sites is 3. The number of anilines is 2. The minimum atomic E-state index is -0.300. The minimum Gasteiger partial charge on any atom is -0.493 e. The lowest BCUT2D eigenvalue weighted by atomic mass is 10.2. The number of nitrogens with one attached hydrogen (secondary N) is 1. The fourth-order valence-electron chi connectivity index (χ4n) is 1.72. The second-order valence-electron chi connectivity index (χ2n) is 4.20. The summed E-state index contributed by atoms with van der Waals surface area (Å²) in [7, 11) is 1.54. The largest absolute Gasteiger partial charge is 0.493 e. The number of ether oxygens (including phenoxy) is 2. The van der Waals surface area contributed by atoms with Gasteiger partial charge in [0.05, 0.1) is 23.0 Å². The van der Waals surface area contributed by atoms with E-state index in [1.807, 2.05) is 12.1 Å². The van der Waals surface area contributed by atoms with Gasteiger partial charge in [-0.3, -0.25) is 4.79 Å². The molecule has 0 saturated heterocycles. The van der Waals surface area contributed by atoms with E-state index in [0.717, 1.165) is 0 Å². The summed E-state index contributed by atoms with van der Waals surface area (Å²) in [4.78, 5) is 11.9. The maximum absolute atomic E-state index is 11.9. The van der Waals surface area contributed by atoms with Crippen LogP contribution in [0, 0.1) is 0 Å². The third kappa shape index (κ3) is 3.88. The standard InChI is InChI=1S/C15H15BrN2O3/c1-20-13-8-4-5-10(16)15(13)21-9-14(19)18-12-7-3-2-6-11(12)17/h2-8H,9,17H2,1H3,(H,18,19). The molecule has 2 aromatic rings.